The molecule has 0 fully saturated rings. The van der Waals surface area contributed by atoms with Crippen LogP contribution < -0.4 is 14.9 Å². The summed E-state index contributed by atoms with van der Waals surface area (Å²) in [6, 6.07) is 35.9. The molecule has 0 unspecified atom stereocenters. The lowest BCUT2D eigenvalue weighted by molar-refractivity contribution is -0.128. The molecule has 0 aliphatic heterocycles. The number of carbonyl (C=O) groups excluding carboxylic acids is 1. The largest absolute Gasteiger partial charge is 0.460 e. The molecule has 6 aromatic rings. The van der Waals surface area contributed by atoms with Crippen LogP contribution in [0.15, 0.2) is 137 Å². The number of rotatable bonds is 6. The van der Waals surface area contributed by atoms with E-state index in [4.69, 9.17) is 13.9 Å². The lowest BCUT2D eigenvalue weighted by Crippen LogP contribution is -2.06. The Balaban J connectivity index is 1.17. The van der Waals surface area contributed by atoms with Crippen LogP contribution in [0.5, 0.6) is 17.2 Å². The first-order valence-electron chi connectivity index (χ1n) is 12.4. The van der Waals surface area contributed by atoms with Crippen molar-refractivity contribution in [1.29, 1.82) is 0 Å². The maximum absolute atomic E-state index is 13.0. The summed E-state index contributed by atoms with van der Waals surface area (Å²) in [5, 5.41) is 2.45. The quantitative estimate of drug-likeness (QED) is 0.129. The van der Waals surface area contributed by atoms with Gasteiger partial charge in [0.2, 0.25) is 11.2 Å². The second kappa shape index (κ2) is 10.5. The fourth-order valence-corrected chi connectivity index (χ4v) is 4.40. The first kappa shape index (κ1) is 23.9. The number of hydrogen-bond acceptors (Lipinski definition) is 5. The molecule has 0 atom stereocenters. The van der Waals surface area contributed by atoms with Crippen LogP contribution in [0.25, 0.3) is 38.9 Å². The number of fused-ring (bicyclic) bond motifs is 2. The van der Waals surface area contributed by atoms with Crippen molar-refractivity contribution < 1.29 is 18.7 Å². The zero-order chi connectivity index (χ0) is 26.6. The molecule has 1 heterocycles. The third-order valence-corrected chi connectivity index (χ3v) is 6.34. The fraction of sp³-hybridized carbons (Fsp3) is 0. The molecular formula is C34H22O5. The predicted molar refractivity (Wildman–Crippen MR) is 153 cm³/mol. The molecule has 0 bridgehead atoms. The van der Waals surface area contributed by atoms with Crippen LogP contribution in [0.3, 0.4) is 0 Å². The van der Waals surface area contributed by atoms with Crippen molar-refractivity contribution in [2.45, 2.75) is 0 Å². The SMILES string of the molecule is O=C(C=Cc1cccc2ccccc12)Oc1ccc2c(=O)c(Oc3ccc(-c4ccccc4)cc3)coc2c1. The molecule has 5 heteroatoms. The molecule has 0 radical (unpaired) electrons. The van der Waals surface area contributed by atoms with Crippen molar-refractivity contribution in [2.75, 3.05) is 0 Å². The molecule has 0 saturated carbocycles. The van der Waals surface area contributed by atoms with Gasteiger partial charge in [-0.05, 0) is 57.8 Å². The van der Waals surface area contributed by atoms with Gasteiger partial charge in [0.1, 0.15) is 23.3 Å². The van der Waals surface area contributed by atoms with Crippen LogP contribution in [0, 0.1) is 0 Å². The maximum atomic E-state index is 13.0. The van der Waals surface area contributed by atoms with Gasteiger partial charge < -0.3 is 13.9 Å². The molecule has 0 aliphatic rings. The molecule has 6 rings (SSSR count). The van der Waals surface area contributed by atoms with E-state index in [-0.39, 0.29) is 22.5 Å². The fourth-order valence-electron chi connectivity index (χ4n) is 4.40. The van der Waals surface area contributed by atoms with Crippen LogP contribution in [-0.4, -0.2) is 5.97 Å². The molecule has 188 valence electrons. The average molecular weight is 511 g/mol. The van der Waals surface area contributed by atoms with E-state index in [1.165, 1.54) is 18.4 Å². The van der Waals surface area contributed by atoms with E-state index < -0.39 is 5.97 Å². The molecule has 1 aromatic heterocycles. The molecule has 0 saturated heterocycles. The van der Waals surface area contributed by atoms with E-state index in [9.17, 15) is 9.59 Å². The monoisotopic (exact) mass is 510 g/mol. The second-order valence-corrected chi connectivity index (χ2v) is 8.90. The highest BCUT2D eigenvalue weighted by Crippen LogP contribution is 2.27. The summed E-state index contributed by atoms with van der Waals surface area (Å²) in [4.78, 5) is 25.5. The maximum Gasteiger partial charge on any atom is 0.336 e. The molecule has 0 N–H and O–H groups in total. The Bertz CT molecular complexity index is 1880. The van der Waals surface area contributed by atoms with E-state index in [0.29, 0.717) is 11.1 Å². The van der Waals surface area contributed by atoms with E-state index >= 15 is 0 Å². The Hall–Kier alpha value is -5.42. The first-order chi connectivity index (χ1) is 19.1. The van der Waals surface area contributed by atoms with E-state index in [1.807, 2.05) is 84.9 Å². The van der Waals surface area contributed by atoms with Crippen molar-refractivity contribution >= 4 is 33.8 Å². The normalized spacial score (nSPS) is 11.2. The van der Waals surface area contributed by atoms with Gasteiger partial charge in [-0.25, -0.2) is 4.79 Å². The first-order valence-corrected chi connectivity index (χ1v) is 12.4. The summed E-state index contributed by atoms with van der Waals surface area (Å²) in [6.07, 6.45) is 4.37. The molecule has 5 nitrogen and oxygen atoms in total. The summed E-state index contributed by atoms with van der Waals surface area (Å²) < 4.78 is 16.9. The Morgan fingerprint density at radius 1 is 0.692 bits per heavy atom. The molecule has 0 spiro atoms. The van der Waals surface area contributed by atoms with Gasteiger partial charge in [0.25, 0.3) is 0 Å². The Labute approximate surface area is 224 Å². The lowest BCUT2D eigenvalue weighted by Gasteiger charge is -2.08. The topological polar surface area (TPSA) is 65.7 Å². The number of esters is 1. The van der Waals surface area contributed by atoms with Crippen LogP contribution in [0.4, 0.5) is 0 Å². The summed E-state index contributed by atoms with van der Waals surface area (Å²) in [5.74, 6) is 0.314. The summed E-state index contributed by atoms with van der Waals surface area (Å²) in [6.45, 7) is 0. The van der Waals surface area contributed by atoms with Crippen molar-refractivity contribution in [1.82, 2.24) is 0 Å². The standard InChI is InChI=1S/C34H22O5/c35-33(20-15-26-11-6-10-25-9-4-5-12-29(25)26)39-28-18-19-30-31(21-28)37-22-32(34(30)36)38-27-16-13-24(14-17-27)23-7-2-1-3-8-23/h1-22H. The summed E-state index contributed by atoms with van der Waals surface area (Å²) >= 11 is 0. The van der Waals surface area contributed by atoms with Crippen molar-refractivity contribution in [2.24, 2.45) is 0 Å². The lowest BCUT2D eigenvalue weighted by atomic mass is 10.0. The highest BCUT2D eigenvalue weighted by Gasteiger charge is 2.12. The average Bonchev–Trinajstić information content (AvgIpc) is 2.98. The summed E-state index contributed by atoms with van der Waals surface area (Å²) in [7, 11) is 0. The highest BCUT2D eigenvalue weighted by atomic mass is 16.5. The van der Waals surface area contributed by atoms with E-state index in [0.717, 1.165) is 27.5 Å². The zero-order valence-corrected chi connectivity index (χ0v) is 20.7. The zero-order valence-electron chi connectivity index (χ0n) is 20.7. The van der Waals surface area contributed by atoms with Gasteiger partial charge in [-0.2, -0.15) is 0 Å². The molecule has 0 amide bonds. The second-order valence-electron chi connectivity index (χ2n) is 8.90. The minimum absolute atomic E-state index is 0.0673. The van der Waals surface area contributed by atoms with Crippen LogP contribution in [0.2, 0.25) is 0 Å². The van der Waals surface area contributed by atoms with Crippen molar-refractivity contribution in [3.05, 3.63) is 143 Å². The highest BCUT2D eigenvalue weighted by molar-refractivity contribution is 5.95. The van der Waals surface area contributed by atoms with Gasteiger partial charge in [0, 0.05) is 12.1 Å². The van der Waals surface area contributed by atoms with Gasteiger partial charge in [-0.15, -0.1) is 0 Å². The Morgan fingerprint density at radius 3 is 2.26 bits per heavy atom. The molecule has 0 aliphatic carbocycles. The number of hydrogen-bond donors (Lipinski definition) is 0. The summed E-state index contributed by atoms with van der Waals surface area (Å²) in [5.41, 5.74) is 3.02. The van der Waals surface area contributed by atoms with Crippen LogP contribution in [0.1, 0.15) is 5.56 Å². The van der Waals surface area contributed by atoms with Gasteiger partial charge in [-0.1, -0.05) is 84.9 Å². The third kappa shape index (κ3) is 5.20. The number of ether oxygens (including phenoxy) is 2. The van der Waals surface area contributed by atoms with E-state index in [1.54, 1.807) is 30.3 Å². The number of benzene rings is 5. The number of carbonyl (C=O) groups is 1. The Morgan fingerprint density at radius 2 is 1.41 bits per heavy atom. The molecule has 5 aromatic carbocycles. The molecule has 39 heavy (non-hydrogen) atoms. The van der Waals surface area contributed by atoms with Crippen molar-refractivity contribution in [3.63, 3.8) is 0 Å². The Kier molecular flexibility index (Phi) is 6.46. The van der Waals surface area contributed by atoms with Gasteiger partial charge in [-0.3, -0.25) is 4.79 Å². The smallest absolute Gasteiger partial charge is 0.336 e. The third-order valence-electron chi connectivity index (χ3n) is 6.34. The minimum Gasteiger partial charge on any atom is -0.460 e. The van der Waals surface area contributed by atoms with Crippen LogP contribution in [-0.2, 0) is 4.79 Å². The van der Waals surface area contributed by atoms with Gasteiger partial charge in [0.05, 0.1) is 5.39 Å². The van der Waals surface area contributed by atoms with Gasteiger partial charge in [0.15, 0.2) is 0 Å². The molecular weight excluding hydrogens is 488 g/mol. The van der Waals surface area contributed by atoms with Crippen molar-refractivity contribution in [3.8, 4) is 28.4 Å². The predicted octanol–water partition coefficient (Wildman–Crippen LogP) is 8.02. The minimum atomic E-state index is -0.538. The van der Waals surface area contributed by atoms with E-state index in [2.05, 4.69) is 0 Å². The van der Waals surface area contributed by atoms with Gasteiger partial charge >= 0.3 is 5.97 Å². The van der Waals surface area contributed by atoms with Crippen LogP contribution >= 0.6 is 0 Å².